The van der Waals surface area contributed by atoms with Crippen molar-refractivity contribution in [2.24, 2.45) is 5.89 Å². The van der Waals surface area contributed by atoms with Crippen molar-refractivity contribution >= 4 is 18.3 Å². The molecule has 2 heterocycles. The zero-order valence-corrected chi connectivity index (χ0v) is 12.8. The van der Waals surface area contributed by atoms with Crippen LogP contribution in [-0.2, 0) is 9.31 Å². The molecule has 0 aromatic heterocycles. The highest BCUT2D eigenvalue weighted by Crippen LogP contribution is 2.36. The molecular formula is C18H28BNO2. The Kier molecular flexibility index (Phi) is 1.40. The average Bonchev–Trinajstić information content (AvgIpc) is 2.93. The third-order valence-corrected chi connectivity index (χ3v) is 3.93. The van der Waals surface area contributed by atoms with E-state index in [9.17, 15) is 0 Å². The van der Waals surface area contributed by atoms with Gasteiger partial charge in [-0.3, -0.25) is 0 Å². The molecule has 2 aliphatic heterocycles. The van der Waals surface area contributed by atoms with Crippen LogP contribution in [0.25, 0.3) is 0 Å². The summed E-state index contributed by atoms with van der Waals surface area (Å²) in [7, 11) is -1.41. The minimum absolute atomic E-state index is 0.257. The molecule has 3 rings (SSSR count). The first-order valence-corrected chi connectivity index (χ1v) is 6.84. The molecule has 22 heavy (non-hydrogen) atoms. The van der Waals surface area contributed by atoms with Gasteiger partial charge in [0.05, 0.1) is 16.7 Å². The first kappa shape index (κ1) is 5.53. The molecule has 0 unspecified atom stereocenters. The molecule has 2 fully saturated rings. The Balaban J connectivity index is 2.36. The minimum Gasteiger partial charge on any atom is -0.399 e. The van der Waals surface area contributed by atoms with Crippen LogP contribution < -0.4 is 10.4 Å². The van der Waals surface area contributed by atoms with Gasteiger partial charge in [0.25, 0.3) is 0 Å². The fraction of sp³-hybridized carbons (Fsp3) is 0.667. The second-order valence-corrected chi connectivity index (χ2v) is 6.03. The van der Waals surface area contributed by atoms with Gasteiger partial charge in [0.2, 0.25) is 0 Å². The average molecular weight is 317 g/mol. The van der Waals surface area contributed by atoms with Crippen LogP contribution in [-0.4, -0.2) is 31.3 Å². The molecule has 4 heteroatoms. The summed E-state index contributed by atoms with van der Waals surface area (Å²) >= 11 is 0. The van der Waals surface area contributed by atoms with Crippen LogP contribution in [0.4, 0.5) is 5.69 Å². The standard InChI is InChI=1S/C18H28BNO2/c1-14-10-12-20(13-11-14)16-8-6-15(7-9-16)19-21-17(2,3)18(4,5)22-19/h6-9,14H,10-13H2,1-5H3/i1D3,6D,7D,8D,9D,10D2,11D2,12D2,13D2,14D. The first-order chi connectivity index (χ1) is 16.6. The van der Waals surface area contributed by atoms with E-state index in [1.165, 1.54) is 0 Å². The van der Waals surface area contributed by atoms with Crippen LogP contribution in [0.2, 0.25) is 0 Å². The molecule has 2 saturated heterocycles. The Bertz CT molecular complexity index is 1090. The SMILES string of the molecule is [2H]c1c([2H])c(N2C([2H])([2H])C([2H])([2H])C([2H])(C([2H])([2H])[2H])C([2H])([2H])C2([2H])[2H])c([2H])c([2H])c1B1OC(C)(C)C(C)(C)O1. The molecule has 120 valence electrons. The van der Waals surface area contributed by atoms with Crippen LogP contribution in [0.5, 0.6) is 0 Å². The lowest BCUT2D eigenvalue weighted by atomic mass is 9.79. The fourth-order valence-electron chi connectivity index (χ4n) is 1.90. The van der Waals surface area contributed by atoms with E-state index in [4.69, 9.17) is 31.2 Å². The monoisotopic (exact) mass is 317 g/mol. The molecule has 0 spiro atoms. The highest BCUT2D eigenvalue weighted by atomic mass is 16.7. The van der Waals surface area contributed by atoms with Crippen molar-refractivity contribution in [2.45, 2.75) is 58.5 Å². The van der Waals surface area contributed by atoms with Crippen molar-refractivity contribution in [3.05, 3.63) is 24.2 Å². The smallest absolute Gasteiger partial charge is 0.399 e. The number of rotatable bonds is 2. The molecule has 2 aliphatic rings. The molecule has 0 aliphatic carbocycles. The van der Waals surface area contributed by atoms with E-state index in [2.05, 4.69) is 0 Å². The summed E-state index contributed by atoms with van der Waals surface area (Å²) in [5.74, 6) is -3.99. The van der Waals surface area contributed by atoms with Gasteiger partial charge >= 0.3 is 7.12 Å². The number of piperidine rings is 1. The second-order valence-electron chi connectivity index (χ2n) is 6.03. The van der Waals surface area contributed by atoms with Gasteiger partial charge in [-0.05, 0) is 63.9 Å². The highest BCUT2D eigenvalue weighted by molar-refractivity contribution is 6.62. The third kappa shape index (κ3) is 2.91. The van der Waals surface area contributed by atoms with Crippen molar-refractivity contribution in [1.29, 1.82) is 0 Å². The molecule has 1 aromatic carbocycles. The van der Waals surface area contributed by atoms with Crippen molar-refractivity contribution in [2.75, 3.05) is 17.9 Å². The van der Waals surface area contributed by atoms with Gasteiger partial charge in [0.1, 0.15) is 0 Å². The van der Waals surface area contributed by atoms with Crippen LogP contribution in [0, 0.1) is 5.89 Å². The summed E-state index contributed by atoms with van der Waals surface area (Å²) in [6.45, 7) is -4.85. The van der Waals surface area contributed by atoms with E-state index in [1.54, 1.807) is 27.7 Å². The number of nitrogens with zero attached hydrogens (tertiary/aromatic N) is 1. The van der Waals surface area contributed by atoms with Gasteiger partial charge in [0.15, 0.2) is 0 Å². The molecule has 0 atom stereocenters. The first-order valence-electron chi connectivity index (χ1n) is 14.8. The Morgan fingerprint density at radius 3 is 2.23 bits per heavy atom. The van der Waals surface area contributed by atoms with Crippen molar-refractivity contribution < 1.29 is 31.2 Å². The van der Waals surface area contributed by atoms with Crippen LogP contribution in [0.1, 0.15) is 69.2 Å². The minimum atomic E-state index is -3.99. The summed E-state index contributed by atoms with van der Waals surface area (Å²) in [6.07, 6.45) is -7.93. The topological polar surface area (TPSA) is 21.7 Å². The largest absolute Gasteiger partial charge is 0.494 e. The molecule has 1 aromatic rings. The highest BCUT2D eigenvalue weighted by Gasteiger charge is 2.51. The lowest BCUT2D eigenvalue weighted by molar-refractivity contribution is 0.00578. The zero-order chi connectivity index (χ0) is 30.0. The number of anilines is 1. The molecule has 0 bridgehead atoms. The van der Waals surface area contributed by atoms with Gasteiger partial charge in [0, 0.05) is 35.1 Å². The van der Waals surface area contributed by atoms with Crippen molar-refractivity contribution in [1.82, 2.24) is 0 Å². The van der Waals surface area contributed by atoms with Crippen LogP contribution in [0.3, 0.4) is 0 Å². The number of benzene rings is 1. The van der Waals surface area contributed by atoms with Crippen molar-refractivity contribution in [3.63, 3.8) is 0 Å². The Labute approximate surface area is 157 Å². The van der Waals surface area contributed by atoms with E-state index < -0.39 is 92.1 Å². The molecule has 3 nitrogen and oxygen atoms in total. The number of hydrogen-bond acceptors (Lipinski definition) is 3. The maximum atomic E-state index is 8.53. The molecule has 0 radical (unpaired) electrons. The van der Waals surface area contributed by atoms with Crippen LogP contribution in [0.15, 0.2) is 24.2 Å². The summed E-state index contributed by atoms with van der Waals surface area (Å²) in [5.41, 5.74) is -3.44. The zero-order valence-electron chi connectivity index (χ0n) is 28.8. The van der Waals surface area contributed by atoms with Gasteiger partial charge in [-0.2, -0.15) is 0 Å². The number of hydrogen-bond donors (Lipinski definition) is 0. The lowest BCUT2D eigenvalue weighted by Crippen LogP contribution is -2.41. The van der Waals surface area contributed by atoms with E-state index in [0.717, 1.165) is 0 Å². The third-order valence-electron chi connectivity index (χ3n) is 3.93. The summed E-state index contributed by atoms with van der Waals surface area (Å²) in [5, 5.41) is 0. The van der Waals surface area contributed by atoms with Gasteiger partial charge in [-0.15, -0.1) is 0 Å². The maximum absolute atomic E-state index is 8.53. The molecule has 0 saturated carbocycles. The van der Waals surface area contributed by atoms with E-state index in [1.807, 2.05) is 0 Å². The molecular weight excluding hydrogens is 273 g/mol. The lowest BCUT2D eigenvalue weighted by Gasteiger charge is -2.32. The van der Waals surface area contributed by atoms with E-state index >= 15 is 0 Å². The predicted molar refractivity (Wildman–Crippen MR) is 92.8 cm³/mol. The Hall–Kier alpha value is -0.995. The van der Waals surface area contributed by atoms with Crippen molar-refractivity contribution in [3.8, 4) is 0 Å². The normalized spacial score (nSPS) is 46.5. The second kappa shape index (κ2) is 5.57. The van der Waals surface area contributed by atoms with Gasteiger partial charge < -0.3 is 14.2 Å². The van der Waals surface area contributed by atoms with Gasteiger partial charge in [-0.25, -0.2) is 0 Å². The van der Waals surface area contributed by atoms with E-state index in [0.29, 0.717) is 0 Å². The predicted octanol–water partition coefficient (Wildman–Crippen LogP) is 3.22. The van der Waals surface area contributed by atoms with Crippen LogP contribution >= 0.6 is 0 Å². The Morgan fingerprint density at radius 2 is 1.73 bits per heavy atom. The Morgan fingerprint density at radius 1 is 1.18 bits per heavy atom. The van der Waals surface area contributed by atoms with E-state index in [-0.39, 0.29) is 4.90 Å². The molecule has 0 N–H and O–H groups in total. The summed E-state index contributed by atoms with van der Waals surface area (Å²) < 4.78 is 144. The summed E-state index contributed by atoms with van der Waals surface area (Å²) in [4.78, 5) is -0.257. The quantitative estimate of drug-likeness (QED) is 0.782. The fourth-order valence-corrected chi connectivity index (χ4v) is 1.90. The summed E-state index contributed by atoms with van der Waals surface area (Å²) in [6, 6.07) is -3.82. The maximum Gasteiger partial charge on any atom is 0.494 e. The molecule has 0 amide bonds. The van der Waals surface area contributed by atoms with Gasteiger partial charge in [-0.1, -0.05) is 18.9 Å².